The first-order chi connectivity index (χ1) is 15.8. The van der Waals surface area contributed by atoms with E-state index in [-0.39, 0.29) is 23.8 Å². The molecule has 2 N–H and O–H groups in total. The third-order valence-electron chi connectivity index (χ3n) is 6.46. The second-order valence-corrected chi connectivity index (χ2v) is 9.13. The Morgan fingerprint density at radius 2 is 2.00 bits per heavy atom. The molecule has 1 fully saturated rings. The van der Waals surface area contributed by atoms with Gasteiger partial charge in [0.15, 0.2) is 11.6 Å². The molecular formula is C25H26FN5O2. The second-order valence-electron chi connectivity index (χ2n) is 9.13. The molecule has 33 heavy (non-hydrogen) atoms. The standard InChI is InChI=1S/C25H26FN5O2/c1-13(2)20-6-15(9-27)23-16-7-22(24(28)29-10-16)32-14(3)19-8-17(26)4-5-21(19)33-18-11-31(12-18)25(23)30-20/h4-5,7-8,10,13-14,18,20H,6,11-12H2,1-3H3,(H2,28,29). The Hall–Kier alpha value is -3.60. The SMILES string of the molecule is CC1Oc2cc(cnc2N)C2=C(C#N)CC(C(C)C)N=C2N2CC(C2)Oc2ccc(F)cc21. The van der Waals surface area contributed by atoms with Gasteiger partial charge in [-0.15, -0.1) is 0 Å². The number of rotatable bonds is 1. The molecule has 8 heteroatoms. The summed E-state index contributed by atoms with van der Waals surface area (Å²) in [5.74, 6) is 1.88. The van der Waals surface area contributed by atoms with Crippen LogP contribution in [-0.4, -0.2) is 41.0 Å². The van der Waals surface area contributed by atoms with E-state index in [2.05, 4.69) is 29.8 Å². The summed E-state index contributed by atoms with van der Waals surface area (Å²) in [6.45, 7) is 7.29. The Labute approximate surface area is 192 Å². The maximum atomic E-state index is 14.1. The lowest BCUT2D eigenvalue weighted by Crippen LogP contribution is -2.57. The van der Waals surface area contributed by atoms with Crippen LogP contribution in [0.4, 0.5) is 10.2 Å². The predicted octanol–water partition coefficient (Wildman–Crippen LogP) is 4.12. The number of nitriles is 1. The molecule has 5 heterocycles. The maximum Gasteiger partial charge on any atom is 0.166 e. The number of dihydropyridines is 1. The second kappa shape index (κ2) is 8.07. The summed E-state index contributed by atoms with van der Waals surface area (Å²) in [4.78, 5) is 11.5. The van der Waals surface area contributed by atoms with E-state index >= 15 is 0 Å². The highest BCUT2D eigenvalue weighted by atomic mass is 19.1. The molecule has 4 aliphatic rings. The fourth-order valence-electron chi connectivity index (χ4n) is 4.49. The third-order valence-corrected chi connectivity index (χ3v) is 6.46. The highest BCUT2D eigenvalue weighted by Gasteiger charge is 2.38. The highest BCUT2D eigenvalue weighted by molar-refractivity contribution is 6.25. The van der Waals surface area contributed by atoms with Gasteiger partial charge in [0.2, 0.25) is 0 Å². The number of pyridine rings is 1. The number of nitrogens with two attached hydrogens (primary N) is 1. The van der Waals surface area contributed by atoms with E-state index < -0.39 is 6.10 Å². The molecule has 4 bridgehead atoms. The van der Waals surface area contributed by atoms with E-state index in [1.54, 1.807) is 18.3 Å². The Morgan fingerprint density at radius 1 is 1.21 bits per heavy atom. The normalized spacial score (nSPS) is 23.9. The van der Waals surface area contributed by atoms with Crippen LogP contribution in [0.25, 0.3) is 5.57 Å². The predicted molar refractivity (Wildman–Crippen MR) is 123 cm³/mol. The van der Waals surface area contributed by atoms with Crippen LogP contribution in [0.15, 0.2) is 41.0 Å². The molecule has 2 unspecified atom stereocenters. The van der Waals surface area contributed by atoms with Gasteiger partial charge in [-0.3, -0.25) is 4.99 Å². The molecule has 2 aromatic rings. The zero-order valence-electron chi connectivity index (χ0n) is 18.9. The molecule has 1 aromatic carbocycles. The Balaban J connectivity index is 1.66. The number of hydrogen-bond acceptors (Lipinski definition) is 7. The van der Waals surface area contributed by atoms with Crippen LogP contribution in [0.1, 0.15) is 44.4 Å². The van der Waals surface area contributed by atoms with Gasteiger partial charge in [0.25, 0.3) is 0 Å². The van der Waals surface area contributed by atoms with Gasteiger partial charge in [-0.05, 0) is 37.1 Å². The first-order valence-corrected chi connectivity index (χ1v) is 11.2. The molecule has 170 valence electrons. The summed E-state index contributed by atoms with van der Waals surface area (Å²) >= 11 is 0. The number of nitrogen functional groups attached to an aromatic ring is 1. The molecule has 6 rings (SSSR count). The first kappa shape index (κ1) is 21.3. The van der Waals surface area contributed by atoms with Gasteiger partial charge in [0, 0.05) is 34.9 Å². The minimum absolute atomic E-state index is 0.0234. The number of halogens is 1. The van der Waals surface area contributed by atoms with Crippen molar-refractivity contribution in [3.8, 4) is 17.6 Å². The van der Waals surface area contributed by atoms with Gasteiger partial charge in [0.1, 0.15) is 29.6 Å². The van der Waals surface area contributed by atoms with Crippen molar-refractivity contribution in [1.29, 1.82) is 5.26 Å². The lowest BCUT2D eigenvalue weighted by molar-refractivity contribution is 0.0652. The number of benzene rings is 1. The number of aromatic nitrogens is 1. The maximum absolute atomic E-state index is 14.1. The first-order valence-electron chi connectivity index (χ1n) is 11.2. The van der Waals surface area contributed by atoms with Crippen LogP contribution in [0.5, 0.6) is 11.5 Å². The zero-order chi connectivity index (χ0) is 23.3. The molecule has 2 atom stereocenters. The molecule has 0 aliphatic carbocycles. The molecule has 1 aromatic heterocycles. The average Bonchev–Trinajstić information content (AvgIpc) is 2.77. The van der Waals surface area contributed by atoms with Crippen molar-refractivity contribution in [2.45, 2.75) is 45.4 Å². The van der Waals surface area contributed by atoms with Gasteiger partial charge >= 0.3 is 0 Å². The van der Waals surface area contributed by atoms with Crippen molar-refractivity contribution < 1.29 is 13.9 Å². The van der Waals surface area contributed by atoms with E-state index in [1.165, 1.54) is 12.1 Å². The van der Waals surface area contributed by atoms with Crippen LogP contribution >= 0.6 is 0 Å². The molecule has 0 spiro atoms. The lowest BCUT2D eigenvalue weighted by Gasteiger charge is -2.43. The van der Waals surface area contributed by atoms with Gasteiger partial charge in [-0.25, -0.2) is 9.37 Å². The van der Waals surface area contributed by atoms with Gasteiger partial charge in [0.05, 0.1) is 25.2 Å². The fourth-order valence-corrected chi connectivity index (χ4v) is 4.49. The minimum atomic E-state index is -0.527. The molecular weight excluding hydrogens is 421 g/mol. The lowest BCUT2D eigenvalue weighted by atomic mass is 9.87. The van der Waals surface area contributed by atoms with Gasteiger partial charge < -0.3 is 20.1 Å². The van der Waals surface area contributed by atoms with Crippen molar-refractivity contribution in [2.24, 2.45) is 10.9 Å². The summed E-state index contributed by atoms with van der Waals surface area (Å²) in [6, 6.07) is 8.67. The number of fused-ring (bicyclic) bond motifs is 1. The van der Waals surface area contributed by atoms with E-state index in [1.807, 2.05) is 6.92 Å². The molecule has 4 aliphatic heterocycles. The molecule has 1 saturated heterocycles. The summed E-state index contributed by atoms with van der Waals surface area (Å²) in [5.41, 5.74) is 8.90. The van der Waals surface area contributed by atoms with Crippen molar-refractivity contribution in [1.82, 2.24) is 9.88 Å². The van der Waals surface area contributed by atoms with E-state index in [0.717, 1.165) is 17.0 Å². The van der Waals surface area contributed by atoms with Crippen LogP contribution in [0.2, 0.25) is 0 Å². The Bertz CT molecular complexity index is 1210. The monoisotopic (exact) mass is 447 g/mol. The summed E-state index contributed by atoms with van der Waals surface area (Å²) < 4.78 is 26.4. The van der Waals surface area contributed by atoms with Crippen LogP contribution < -0.4 is 15.2 Å². The number of ether oxygens (including phenoxy) is 2. The number of nitrogens with zero attached hydrogens (tertiary/aromatic N) is 4. The Kier molecular flexibility index (Phi) is 5.20. The largest absolute Gasteiger partial charge is 0.486 e. The number of hydrogen-bond donors (Lipinski definition) is 1. The molecule has 0 amide bonds. The molecule has 7 nitrogen and oxygen atoms in total. The zero-order valence-corrected chi connectivity index (χ0v) is 18.9. The summed E-state index contributed by atoms with van der Waals surface area (Å²) in [6.07, 6.45) is 1.62. The Morgan fingerprint density at radius 3 is 2.73 bits per heavy atom. The quantitative estimate of drug-likeness (QED) is 0.706. The topological polar surface area (TPSA) is 96.8 Å². The van der Waals surface area contributed by atoms with Crippen molar-refractivity contribution in [3.63, 3.8) is 0 Å². The number of anilines is 1. The van der Waals surface area contributed by atoms with Crippen LogP contribution in [-0.2, 0) is 0 Å². The van der Waals surface area contributed by atoms with Gasteiger partial charge in [-0.1, -0.05) is 13.8 Å². The van der Waals surface area contributed by atoms with Crippen molar-refractivity contribution in [2.75, 3.05) is 18.8 Å². The third kappa shape index (κ3) is 3.78. The molecule has 0 saturated carbocycles. The van der Waals surface area contributed by atoms with Gasteiger partial charge in [-0.2, -0.15) is 5.26 Å². The summed E-state index contributed by atoms with van der Waals surface area (Å²) in [7, 11) is 0. The van der Waals surface area contributed by atoms with E-state index in [0.29, 0.717) is 48.1 Å². The summed E-state index contributed by atoms with van der Waals surface area (Å²) in [5, 5.41) is 10.0. The smallest absolute Gasteiger partial charge is 0.166 e. The van der Waals surface area contributed by atoms with Crippen LogP contribution in [0, 0.1) is 23.1 Å². The van der Waals surface area contributed by atoms with E-state index in [9.17, 15) is 9.65 Å². The molecule has 0 radical (unpaired) electrons. The fraction of sp³-hybridized carbons (Fsp3) is 0.400. The van der Waals surface area contributed by atoms with Crippen molar-refractivity contribution in [3.05, 3.63) is 53.0 Å². The highest BCUT2D eigenvalue weighted by Crippen LogP contribution is 2.39. The number of aliphatic imine (C=N–C) groups is 1. The van der Waals surface area contributed by atoms with E-state index in [4.69, 9.17) is 20.2 Å². The average molecular weight is 448 g/mol. The number of amidine groups is 1. The minimum Gasteiger partial charge on any atom is -0.486 e. The van der Waals surface area contributed by atoms with Crippen molar-refractivity contribution >= 4 is 17.2 Å². The van der Waals surface area contributed by atoms with Crippen LogP contribution in [0.3, 0.4) is 0 Å².